The molecule has 0 radical (unpaired) electrons. The summed E-state index contributed by atoms with van der Waals surface area (Å²) in [4.78, 5) is 37.1. The van der Waals surface area contributed by atoms with Gasteiger partial charge in [0.05, 0.1) is 18.8 Å². The Morgan fingerprint density at radius 1 is 1.46 bits per heavy atom. The van der Waals surface area contributed by atoms with E-state index < -0.39 is 49.9 Å². The van der Waals surface area contributed by atoms with Crippen molar-refractivity contribution in [3.05, 3.63) is 32.6 Å². The minimum Gasteiger partial charge on any atom is -0.462 e. The quantitative estimate of drug-likeness (QED) is 0.466. The van der Waals surface area contributed by atoms with Gasteiger partial charge >= 0.3 is 11.7 Å². The first-order chi connectivity index (χ1) is 13.1. The molecule has 12 heteroatoms. The molecule has 2 rings (SSSR count). The summed E-state index contributed by atoms with van der Waals surface area (Å²) in [6, 6.07) is -0.831. The van der Waals surface area contributed by atoms with Crippen molar-refractivity contribution in [2.75, 3.05) is 6.61 Å². The molecule has 0 bridgehead atoms. The number of nitrogens with zero attached hydrogens (tertiary/aromatic N) is 1. The van der Waals surface area contributed by atoms with Crippen LogP contribution in [0.4, 0.5) is 4.39 Å². The number of carbonyl (C=O) groups excluding carboxylic acids is 1. The van der Waals surface area contributed by atoms with E-state index in [1.54, 1.807) is 13.8 Å². The Hall–Kier alpha value is -1.81. The third kappa shape index (κ3) is 5.84. The Kier molecular flexibility index (Phi) is 7.70. The molecule has 158 valence electrons. The lowest BCUT2D eigenvalue weighted by molar-refractivity contribution is -0.149. The van der Waals surface area contributed by atoms with Gasteiger partial charge in [-0.25, -0.2) is 14.3 Å². The van der Waals surface area contributed by atoms with Gasteiger partial charge in [0.2, 0.25) is 0 Å². The number of ether oxygens (including phenoxy) is 2. The molecule has 1 aliphatic heterocycles. The maximum atomic E-state index is 14.3. The largest absolute Gasteiger partial charge is 0.462 e. The van der Waals surface area contributed by atoms with Gasteiger partial charge < -0.3 is 14.0 Å². The van der Waals surface area contributed by atoms with Crippen LogP contribution in [0.3, 0.4) is 0 Å². The zero-order valence-corrected chi connectivity index (χ0v) is 17.1. The molecule has 1 aromatic rings. The number of alkyl halides is 1. The first kappa shape index (κ1) is 22.5. The van der Waals surface area contributed by atoms with E-state index in [-0.39, 0.29) is 24.7 Å². The first-order valence-corrected chi connectivity index (χ1v) is 10.2. The molecule has 0 aromatic carbocycles. The van der Waals surface area contributed by atoms with Crippen molar-refractivity contribution >= 4 is 14.1 Å². The number of hydrogen-bond donors (Lipinski definition) is 2. The molecule has 0 saturated carbocycles. The minimum absolute atomic E-state index is 0.0740. The van der Waals surface area contributed by atoms with Crippen molar-refractivity contribution in [1.29, 1.82) is 0 Å². The lowest BCUT2D eigenvalue weighted by Crippen LogP contribution is -2.35. The lowest BCUT2D eigenvalue weighted by Gasteiger charge is -2.18. The molecule has 0 amide bonds. The van der Waals surface area contributed by atoms with Crippen LogP contribution in [0.2, 0.25) is 0 Å². The highest BCUT2D eigenvalue weighted by molar-refractivity contribution is 7.36. The van der Waals surface area contributed by atoms with Gasteiger partial charge in [-0.15, -0.1) is 0 Å². The summed E-state index contributed by atoms with van der Waals surface area (Å²) in [6.45, 7) is 6.17. The van der Waals surface area contributed by atoms with Crippen LogP contribution in [-0.4, -0.2) is 46.5 Å². The Balaban J connectivity index is 1.89. The molecule has 2 heterocycles. The lowest BCUT2D eigenvalue weighted by atomic mass is 10.2. The Morgan fingerprint density at radius 2 is 2.14 bits per heavy atom. The first-order valence-electron chi connectivity index (χ1n) is 8.83. The highest BCUT2D eigenvalue weighted by Crippen LogP contribution is 2.32. The van der Waals surface area contributed by atoms with Gasteiger partial charge in [-0.1, -0.05) is 0 Å². The van der Waals surface area contributed by atoms with Crippen molar-refractivity contribution in [3.63, 3.8) is 0 Å². The summed E-state index contributed by atoms with van der Waals surface area (Å²) in [5.74, 6) is -0.564. The number of carbonyl (C=O) groups is 1. The van der Waals surface area contributed by atoms with Gasteiger partial charge in [-0.2, -0.15) is 0 Å². The zero-order chi connectivity index (χ0) is 21.0. The number of aryl methyl sites for hydroxylation is 1. The Labute approximate surface area is 161 Å². The average molecular weight is 421 g/mol. The fourth-order valence-corrected chi connectivity index (χ4v) is 3.50. The number of aromatic amines is 1. The van der Waals surface area contributed by atoms with E-state index in [9.17, 15) is 23.3 Å². The van der Waals surface area contributed by atoms with E-state index in [1.807, 2.05) is 0 Å². The zero-order valence-electron chi connectivity index (χ0n) is 16.1. The van der Waals surface area contributed by atoms with Crippen LogP contribution in [-0.2, 0) is 23.4 Å². The predicted octanol–water partition coefficient (Wildman–Crippen LogP) is 0.807. The SMILES string of the molecule is Cc1cn([C@H]2O[C@@H](CO[PH](=O)N[C@@H](C)C(=O)OC(C)C)C[C@H]2F)c(=O)[nH]c1=O. The topological polar surface area (TPSA) is 129 Å². The van der Waals surface area contributed by atoms with E-state index in [2.05, 4.69) is 10.1 Å². The van der Waals surface area contributed by atoms with Crippen LogP contribution in [0.1, 0.15) is 39.0 Å². The van der Waals surface area contributed by atoms with Crippen LogP contribution in [0.25, 0.3) is 0 Å². The standard InChI is InChI=1S/C16H25FN3O7P/c1-8(2)26-15(22)10(4)19-28(24)25-7-11-5-12(17)14(27-11)20-6-9(3)13(21)18-16(20)23/h6,8,10-12,14,28H,5,7H2,1-4H3,(H,19,24)(H,18,21,23)/t10-,11+,12+,14-/m0/s1. The number of aromatic nitrogens is 2. The fourth-order valence-electron chi connectivity index (χ4n) is 2.61. The number of halogens is 1. The van der Waals surface area contributed by atoms with Crippen molar-refractivity contribution in [2.24, 2.45) is 0 Å². The smallest absolute Gasteiger partial charge is 0.330 e. The van der Waals surface area contributed by atoms with E-state index in [4.69, 9.17) is 14.0 Å². The molecule has 0 spiro atoms. The van der Waals surface area contributed by atoms with E-state index in [0.717, 1.165) is 4.57 Å². The molecular formula is C16H25FN3O7P. The van der Waals surface area contributed by atoms with Gasteiger partial charge in [-0.3, -0.25) is 23.7 Å². The number of esters is 1. The van der Waals surface area contributed by atoms with Gasteiger partial charge in [0.15, 0.2) is 6.23 Å². The van der Waals surface area contributed by atoms with E-state index in [1.165, 1.54) is 20.0 Å². The van der Waals surface area contributed by atoms with Crippen molar-refractivity contribution in [1.82, 2.24) is 14.6 Å². The van der Waals surface area contributed by atoms with Crippen LogP contribution in [0, 0.1) is 6.92 Å². The minimum atomic E-state index is -2.79. The highest BCUT2D eigenvalue weighted by Gasteiger charge is 2.37. The molecule has 1 aliphatic rings. The molecule has 10 nitrogen and oxygen atoms in total. The molecule has 0 aliphatic carbocycles. The maximum absolute atomic E-state index is 14.3. The van der Waals surface area contributed by atoms with Crippen molar-refractivity contribution < 1.29 is 27.7 Å². The molecule has 1 saturated heterocycles. The van der Waals surface area contributed by atoms with E-state index in [0.29, 0.717) is 0 Å². The summed E-state index contributed by atoms with van der Waals surface area (Å²) in [7, 11) is -2.79. The second-order valence-electron chi connectivity index (χ2n) is 6.83. The second-order valence-corrected chi connectivity index (χ2v) is 7.98. The van der Waals surface area contributed by atoms with Gasteiger partial charge in [0, 0.05) is 18.2 Å². The number of rotatable bonds is 8. The number of nitrogens with one attached hydrogen (secondary N) is 2. The number of H-pyrrole nitrogens is 1. The summed E-state index contributed by atoms with van der Waals surface area (Å²) in [5.41, 5.74) is -1.09. The highest BCUT2D eigenvalue weighted by atomic mass is 31.1. The third-order valence-corrected chi connectivity index (χ3v) is 5.09. The molecule has 2 N–H and O–H groups in total. The molecule has 1 fully saturated rings. The summed E-state index contributed by atoms with van der Waals surface area (Å²) >= 11 is 0. The molecule has 1 aromatic heterocycles. The maximum Gasteiger partial charge on any atom is 0.330 e. The van der Waals surface area contributed by atoms with Gasteiger partial charge in [-0.05, 0) is 27.7 Å². The predicted molar refractivity (Wildman–Crippen MR) is 98.3 cm³/mol. The monoisotopic (exact) mass is 421 g/mol. The molecule has 1 unspecified atom stereocenters. The summed E-state index contributed by atoms with van der Waals surface area (Å²) in [5, 5.41) is 2.49. The van der Waals surface area contributed by atoms with E-state index >= 15 is 0 Å². The second kappa shape index (κ2) is 9.60. The average Bonchev–Trinajstić information content (AvgIpc) is 2.96. The van der Waals surface area contributed by atoms with Crippen molar-refractivity contribution in [3.8, 4) is 0 Å². The molecule has 5 atom stereocenters. The summed E-state index contributed by atoms with van der Waals surface area (Å²) in [6.07, 6.45) is -2.61. The van der Waals surface area contributed by atoms with Crippen molar-refractivity contribution in [2.45, 2.75) is 64.8 Å². The fraction of sp³-hybridized carbons (Fsp3) is 0.688. The number of hydrogen-bond acceptors (Lipinski definition) is 7. The van der Waals surface area contributed by atoms with Crippen LogP contribution < -0.4 is 16.3 Å². The van der Waals surface area contributed by atoms with Crippen LogP contribution in [0.15, 0.2) is 15.8 Å². The summed E-state index contributed by atoms with van der Waals surface area (Å²) < 4.78 is 42.9. The Bertz CT molecular complexity index is 840. The molecular weight excluding hydrogens is 396 g/mol. The van der Waals surface area contributed by atoms with Crippen LogP contribution >= 0.6 is 8.18 Å². The third-order valence-electron chi connectivity index (χ3n) is 3.99. The molecule has 28 heavy (non-hydrogen) atoms. The van der Waals surface area contributed by atoms with Gasteiger partial charge in [0.1, 0.15) is 12.2 Å². The normalized spacial score (nSPS) is 24.3. The van der Waals surface area contributed by atoms with Gasteiger partial charge in [0.25, 0.3) is 13.7 Å². The Morgan fingerprint density at radius 3 is 2.79 bits per heavy atom. The van der Waals surface area contributed by atoms with Crippen LogP contribution in [0.5, 0.6) is 0 Å².